The fourth-order valence-corrected chi connectivity index (χ4v) is 3.47. The Hall–Kier alpha value is -3.71. The van der Waals surface area contributed by atoms with Crippen LogP contribution in [-0.4, -0.2) is 56.2 Å². The minimum atomic E-state index is -0.539. The Labute approximate surface area is 172 Å². The van der Waals surface area contributed by atoms with Gasteiger partial charge in [-0.05, 0) is 19.1 Å². The molecule has 3 aromatic rings. The van der Waals surface area contributed by atoms with Gasteiger partial charge in [-0.25, -0.2) is 0 Å². The van der Waals surface area contributed by atoms with E-state index < -0.39 is 6.10 Å². The molecule has 0 unspecified atom stereocenters. The van der Waals surface area contributed by atoms with Gasteiger partial charge in [-0.15, -0.1) is 10.2 Å². The molecule has 10 nitrogen and oxygen atoms in total. The number of nitriles is 1. The molecule has 1 aliphatic heterocycles. The van der Waals surface area contributed by atoms with Gasteiger partial charge in [0.05, 0.1) is 18.7 Å². The average molecular weight is 407 g/mol. The number of H-pyrrole nitrogens is 1. The molecule has 2 aromatic heterocycles. The normalized spacial score (nSPS) is 14.2. The quantitative estimate of drug-likeness (QED) is 0.648. The molecule has 1 aromatic carbocycles. The lowest BCUT2D eigenvalue weighted by atomic mass is 10.1. The number of carbonyl (C=O) groups is 2. The Morgan fingerprint density at radius 3 is 2.97 bits per heavy atom. The fraction of sp³-hybridized carbons (Fsp3) is 0.350. The van der Waals surface area contributed by atoms with Crippen molar-refractivity contribution in [2.75, 3.05) is 13.7 Å². The van der Waals surface area contributed by atoms with Crippen LogP contribution in [0.25, 0.3) is 10.9 Å². The number of benzene rings is 1. The van der Waals surface area contributed by atoms with Crippen molar-refractivity contribution in [2.45, 2.75) is 32.7 Å². The lowest BCUT2D eigenvalue weighted by molar-refractivity contribution is -0.130. The molecule has 1 atom stereocenters. The van der Waals surface area contributed by atoms with Crippen LogP contribution in [0.4, 0.5) is 0 Å². The van der Waals surface area contributed by atoms with Crippen molar-refractivity contribution < 1.29 is 14.3 Å². The highest BCUT2D eigenvalue weighted by molar-refractivity contribution is 5.99. The van der Waals surface area contributed by atoms with Gasteiger partial charge in [0.15, 0.2) is 11.6 Å². The van der Waals surface area contributed by atoms with Gasteiger partial charge in [0.25, 0.3) is 5.91 Å². The number of fused-ring (bicyclic) bond motifs is 2. The lowest BCUT2D eigenvalue weighted by Crippen LogP contribution is -2.39. The summed E-state index contributed by atoms with van der Waals surface area (Å²) in [4.78, 5) is 29.6. The molecule has 0 aliphatic carbocycles. The first kappa shape index (κ1) is 19.6. The van der Waals surface area contributed by atoms with E-state index >= 15 is 0 Å². The molecule has 0 saturated heterocycles. The number of aromatic amines is 1. The van der Waals surface area contributed by atoms with Gasteiger partial charge >= 0.3 is 0 Å². The van der Waals surface area contributed by atoms with E-state index in [9.17, 15) is 9.59 Å². The zero-order chi connectivity index (χ0) is 21.3. The van der Waals surface area contributed by atoms with Crippen molar-refractivity contribution in [3.05, 3.63) is 47.2 Å². The maximum absolute atomic E-state index is 13.0. The molecule has 3 heterocycles. The van der Waals surface area contributed by atoms with E-state index in [4.69, 9.17) is 10.00 Å². The van der Waals surface area contributed by atoms with E-state index in [2.05, 4.69) is 26.6 Å². The molecule has 0 saturated carbocycles. The summed E-state index contributed by atoms with van der Waals surface area (Å²) in [5, 5.41) is 21.0. The molecular weight excluding hydrogens is 386 g/mol. The molecule has 0 bridgehead atoms. The average Bonchev–Trinajstić information content (AvgIpc) is 3.38. The van der Waals surface area contributed by atoms with Crippen LogP contribution in [0.2, 0.25) is 0 Å². The predicted octanol–water partition coefficient (Wildman–Crippen LogP) is 0.938. The van der Waals surface area contributed by atoms with Crippen molar-refractivity contribution in [1.29, 1.82) is 5.26 Å². The van der Waals surface area contributed by atoms with Crippen molar-refractivity contribution in [3.8, 4) is 6.07 Å². The van der Waals surface area contributed by atoms with Crippen LogP contribution in [0.15, 0.2) is 24.4 Å². The molecule has 0 fully saturated rings. The van der Waals surface area contributed by atoms with Crippen LogP contribution in [0.3, 0.4) is 0 Å². The van der Waals surface area contributed by atoms with Crippen LogP contribution < -0.4 is 5.32 Å². The van der Waals surface area contributed by atoms with Crippen molar-refractivity contribution in [2.24, 2.45) is 0 Å². The second-order valence-electron chi connectivity index (χ2n) is 7.08. The van der Waals surface area contributed by atoms with Gasteiger partial charge in [-0.1, -0.05) is 6.07 Å². The number of amides is 2. The first-order valence-corrected chi connectivity index (χ1v) is 9.53. The summed E-state index contributed by atoms with van der Waals surface area (Å²) in [6.07, 6.45) is 1.10. The fourth-order valence-electron chi connectivity index (χ4n) is 3.47. The summed E-state index contributed by atoms with van der Waals surface area (Å²) in [5.74, 6) is 0.988. The minimum Gasteiger partial charge on any atom is -0.372 e. The van der Waals surface area contributed by atoms with E-state index in [1.807, 2.05) is 4.57 Å². The van der Waals surface area contributed by atoms with E-state index in [-0.39, 0.29) is 18.4 Å². The van der Waals surface area contributed by atoms with E-state index in [0.717, 1.165) is 10.9 Å². The van der Waals surface area contributed by atoms with Crippen molar-refractivity contribution in [1.82, 2.24) is 30.0 Å². The van der Waals surface area contributed by atoms with Crippen LogP contribution in [0.1, 0.15) is 34.5 Å². The van der Waals surface area contributed by atoms with E-state index in [0.29, 0.717) is 42.4 Å². The number of hydrogen-bond acceptors (Lipinski definition) is 6. The summed E-state index contributed by atoms with van der Waals surface area (Å²) in [6.45, 7) is 3.30. The number of nitrogens with zero attached hydrogens (tertiary/aromatic N) is 5. The highest BCUT2D eigenvalue weighted by Gasteiger charge is 2.26. The number of aromatic nitrogens is 4. The van der Waals surface area contributed by atoms with Gasteiger partial charge < -0.3 is 24.5 Å². The summed E-state index contributed by atoms with van der Waals surface area (Å²) < 4.78 is 6.92. The number of rotatable bonds is 5. The molecule has 0 spiro atoms. The Kier molecular flexibility index (Phi) is 5.20. The maximum Gasteiger partial charge on any atom is 0.254 e. The highest BCUT2D eigenvalue weighted by atomic mass is 16.5. The SMILES string of the molecule is CO[C@H](C)C(=O)NCc1nnc2n1CCN(C(=O)c1ccc3c(C#N)c[nH]c3c1)C2. The Balaban J connectivity index is 1.46. The Bertz CT molecular complexity index is 1160. The molecule has 0 radical (unpaired) electrons. The standard InChI is InChI=1S/C20H21N7O3/c1-12(30-2)19(28)23-10-17-24-25-18-11-26(5-6-27(17)18)20(29)13-3-4-15-14(8-21)9-22-16(15)7-13/h3-4,7,9,12,22H,5-6,10-11H2,1-2H3,(H,23,28)/t12-/m1/s1. The van der Waals surface area contributed by atoms with E-state index in [1.165, 1.54) is 7.11 Å². The first-order chi connectivity index (χ1) is 14.5. The molecule has 10 heteroatoms. The second-order valence-corrected chi connectivity index (χ2v) is 7.08. The molecule has 2 N–H and O–H groups in total. The summed E-state index contributed by atoms with van der Waals surface area (Å²) in [6, 6.07) is 7.40. The zero-order valence-electron chi connectivity index (χ0n) is 16.7. The predicted molar refractivity (Wildman–Crippen MR) is 106 cm³/mol. The lowest BCUT2D eigenvalue weighted by Gasteiger charge is -2.28. The summed E-state index contributed by atoms with van der Waals surface area (Å²) in [5.41, 5.74) is 1.85. The summed E-state index contributed by atoms with van der Waals surface area (Å²) >= 11 is 0. The van der Waals surface area contributed by atoms with Crippen molar-refractivity contribution in [3.63, 3.8) is 0 Å². The number of hydrogen-bond donors (Lipinski definition) is 2. The molecular formula is C20H21N7O3. The second kappa shape index (κ2) is 7.96. The van der Waals surface area contributed by atoms with Gasteiger partial charge in [-0.3, -0.25) is 9.59 Å². The van der Waals surface area contributed by atoms with Crippen LogP contribution in [-0.2, 0) is 29.2 Å². The number of methoxy groups -OCH3 is 1. The maximum atomic E-state index is 13.0. The highest BCUT2D eigenvalue weighted by Crippen LogP contribution is 2.21. The van der Waals surface area contributed by atoms with Gasteiger partial charge in [0, 0.05) is 42.9 Å². The molecule has 1 aliphatic rings. The van der Waals surface area contributed by atoms with Crippen molar-refractivity contribution >= 4 is 22.7 Å². The topological polar surface area (TPSA) is 129 Å². The molecule has 2 amide bonds. The number of carbonyl (C=O) groups excluding carboxylic acids is 2. The molecule has 154 valence electrons. The summed E-state index contributed by atoms with van der Waals surface area (Å²) in [7, 11) is 1.48. The third kappa shape index (κ3) is 3.51. The first-order valence-electron chi connectivity index (χ1n) is 9.53. The van der Waals surface area contributed by atoms with E-state index in [1.54, 1.807) is 36.2 Å². The Morgan fingerprint density at radius 1 is 1.37 bits per heavy atom. The third-order valence-corrected chi connectivity index (χ3v) is 5.31. The van der Waals surface area contributed by atoms with Crippen LogP contribution in [0.5, 0.6) is 0 Å². The van der Waals surface area contributed by atoms with Crippen LogP contribution in [0, 0.1) is 11.3 Å². The van der Waals surface area contributed by atoms with Gasteiger partial charge in [0.2, 0.25) is 5.91 Å². The monoisotopic (exact) mass is 407 g/mol. The van der Waals surface area contributed by atoms with Gasteiger partial charge in [-0.2, -0.15) is 5.26 Å². The van der Waals surface area contributed by atoms with Crippen LogP contribution >= 0.6 is 0 Å². The third-order valence-electron chi connectivity index (χ3n) is 5.31. The molecule has 30 heavy (non-hydrogen) atoms. The minimum absolute atomic E-state index is 0.108. The van der Waals surface area contributed by atoms with Gasteiger partial charge in [0.1, 0.15) is 12.2 Å². The largest absolute Gasteiger partial charge is 0.372 e. The zero-order valence-corrected chi connectivity index (χ0v) is 16.7. The molecule has 4 rings (SSSR count). The number of ether oxygens (including phenoxy) is 1. The number of nitrogens with one attached hydrogen (secondary N) is 2. The Morgan fingerprint density at radius 2 is 2.20 bits per heavy atom. The smallest absolute Gasteiger partial charge is 0.254 e.